The molecule has 0 saturated carbocycles. The van der Waals surface area contributed by atoms with E-state index in [9.17, 15) is 8.42 Å². The number of hydroxylamine groups is 2. The van der Waals surface area contributed by atoms with Gasteiger partial charge in [0.05, 0.1) is 17.5 Å². The predicted molar refractivity (Wildman–Crippen MR) is 150 cm³/mol. The zero-order valence-electron chi connectivity index (χ0n) is 25.1. The maximum atomic E-state index is 14.3. The minimum absolute atomic E-state index is 0.0811. The van der Waals surface area contributed by atoms with Gasteiger partial charge in [-0.25, -0.2) is 8.42 Å². The first kappa shape index (κ1) is 29.6. The van der Waals surface area contributed by atoms with Crippen LogP contribution >= 0.6 is 0 Å². The summed E-state index contributed by atoms with van der Waals surface area (Å²) in [6.07, 6.45) is 4.11. The largest absolute Gasteiger partial charge is 0.296 e. The molecule has 0 amide bonds. The molecule has 2 saturated heterocycles. The molecule has 0 aliphatic carbocycles. The lowest BCUT2D eigenvalue weighted by Gasteiger charge is -2.51. The number of rotatable bonds is 5. The van der Waals surface area contributed by atoms with Crippen LogP contribution in [0.15, 0.2) is 23.1 Å². The molecule has 0 aromatic heterocycles. The van der Waals surface area contributed by atoms with Crippen LogP contribution in [-0.4, -0.2) is 48.1 Å². The van der Waals surface area contributed by atoms with Gasteiger partial charge >= 0.3 is 0 Å². The Morgan fingerprint density at radius 3 is 1.78 bits per heavy atom. The third-order valence-corrected chi connectivity index (χ3v) is 9.97. The van der Waals surface area contributed by atoms with Gasteiger partial charge in [0, 0.05) is 17.6 Å². The molecule has 1 atom stereocenters. The van der Waals surface area contributed by atoms with E-state index >= 15 is 0 Å². The van der Waals surface area contributed by atoms with Crippen LogP contribution in [0, 0.1) is 5.41 Å². The molecule has 3 rings (SSSR count). The van der Waals surface area contributed by atoms with Gasteiger partial charge in [0.1, 0.15) is 0 Å². The zero-order valence-corrected chi connectivity index (χ0v) is 25.9. The molecular weight excluding hydrogens is 468 g/mol. The number of hydrogen-bond acceptors (Lipinski definition) is 4. The zero-order chi connectivity index (χ0) is 27.5. The average Bonchev–Trinajstić information content (AvgIpc) is 3.00. The highest BCUT2D eigenvalue weighted by Crippen LogP contribution is 2.42. The number of benzene rings is 1. The van der Waals surface area contributed by atoms with E-state index in [-0.39, 0.29) is 33.4 Å². The van der Waals surface area contributed by atoms with Crippen LogP contribution < -0.4 is 0 Å². The summed E-state index contributed by atoms with van der Waals surface area (Å²) >= 11 is 0. The summed E-state index contributed by atoms with van der Waals surface area (Å²) in [7, 11) is -3.70. The van der Waals surface area contributed by atoms with Gasteiger partial charge < -0.3 is 0 Å². The van der Waals surface area contributed by atoms with Crippen LogP contribution in [0.25, 0.3) is 0 Å². The number of sulfonamides is 1. The molecular formula is C30H52N2O3S. The molecule has 2 aliphatic heterocycles. The van der Waals surface area contributed by atoms with Crippen LogP contribution in [0.1, 0.15) is 120 Å². The Labute approximate surface area is 222 Å². The van der Waals surface area contributed by atoms with Crippen LogP contribution in [0.5, 0.6) is 0 Å². The lowest BCUT2D eigenvalue weighted by molar-refractivity contribution is -0.284. The van der Waals surface area contributed by atoms with E-state index < -0.39 is 10.0 Å². The molecule has 2 aliphatic rings. The third-order valence-electron chi connectivity index (χ3n) is 8.10. The van der Waals surface area contributed by atoms with E-state index in [1.165, 1.54) is 6.42 Å². The van der Waals surface area contributed by atoms with E-state index in [2.05, 4.69) is 94.2 Å². The van der Waals surface area contributed by atoms with Gasteiger partial charge in [-0.3, -0.25) is 4.84 Å². The molecule has 1 aromatic rings. The normalized spacial score (nSPS) is 25.3. The van der Waals surface area contributed by atoms with Gasteiger partial charge in [0.25, 0.3) is 0 Å². The first-order valence-corrected chi connectivity index (χ1v) is 15.1. The minimum atomic E-state index is -3.70. The summed E-state index contributed by atoms with van der Waals surface area (Å²) in [5, 5.41) is 2.15. The highest BCUT2D eigenvalue weighted by molar-refractivity contribution is 7.89. The van der Waals surface area contributed by atoms with Crippen LogP contribution in [0.2, 0.25) is 0 Å². The maximum Gasteiger partial charge on any atom is 0.243 e. The van der Waals surface area contributed by atoms with E-state index in [4.69, 9.17) is 4.84 Å². The topological polar surface area (TPSA) is 49.9 Å². The quantitative estimate of drug-likeness (QED) is 0.418. The predicted octanol–water partition coefficient (Wildman–Crippen LogP) is 7.05. The summed E-state index contributed by atoms with van der Waals surface area (Å²) in [4.78, 5) is 6.94. The number of hydrogen-bond donors (Lipinski definition) is 0. The smallest absolute Gasteiger partial charge is 0.243 e. The van der Waals surface area contributed by atoms with Gasteiger partial charge in [0.2, 0.25) is 10.0 Å². The fourth-order valence-electron chi connectivity index (χ4n) is 6.01. The molecule has 1 unspecified atom stereocenters. The highest BCUT2D eigenvalue weighted by Gasteiger charge is 2.47. The van der Waals surface area contributed by atoms with Crippen molar-refractivity contribution in [3.05, 3.63) is 29.3 Å². The molecule has 0 spiro atoms. The minimum Gasteiger partial charge on any atom is -0.296 e. The second-order valence-corrected chi connectivity index (χ2v) is 17.3. The van der Waals surface area contributed by atoms with Gasteiger partial charge in [-0.1, -0.05) is 61.5 Å². The fourth-order valence-corrected chi connectivity index (χ4v) is 7.88. The Bertz CT molecular complexity index is 1010. The van der Waals surface area contributed by atoms with E-state index in [0.29, 0.717) is 18.0 Å². The second-order valence-electron chi connectivity index (χ2n) is 15.4. The Hall–Kier alpha value is -0.950. The van der Waals surface area contributed by atoms with Gasteiger partial charge in [-0.05, 0) is 92.9 Å². The number of piperidine rings is 1. The number of nitrogens with zero attached hydrogens (tertiary/aromatic N) is 2. The molecule has 0 radical (unpaired) electrons. The molecule has 1 aromatic carbocycles. The first-order chi connectivity index (χ1) is 16.1. The van der Waals surface area contributed by atoms with Crippen molar-refractivity contribution >= 4 is 10.0 Å². The van der Waals surface area contributed by atoms with Crippen molar-refractivity contribution in [3.63, 3.8) is 0 Å². The van der Waals surface area contributed by atoms with Crippen LogP contribution in [-0.2, 0) is 25.7 Å². The molecule has 5 nitrogen and oxygen atoms in total. The molecule has 0 N–H and O–H groups in total. The second kappa shape index (κ2) is 9.36. The summed E-state index contributed by atoms with van der Waals surface area (Å²) in [6, 6.07) is 5.76. The molecule has 2 heterocycles. The Morgan fingerprint density at radius 1 is 0.861 bits per heavy atom. The summed E-state index contributed by atoms with van der Waals surface area (Å²) in [5.74, 6) is 0. The standard InChI is InChI=1S/C30H52N2O3S/c1-26(2,3)22-16-23(27(4,5)6)18-25(17-22)36(33,34)31-21-28(7,8)19-24(31)20-35-32-29(9,10)14-13-15-30(32,11)12/h16-18,24H,13-15,19-21H2,1-12H3. The summed E-state index contributed by atoms with van der Waals surface area (Å²) < 4.78 is 30.2. The molecule has 2 fully saturated rings. The molecule has 206 valence electrons. The van der Waals surface area contributed by atoms with Crippen molar-refractivity contribution < 1.29 is 13.3 Å². The SMILES string of the molecule is CC1(C)CC(CON2C(C)(C)CCCC2(C)C)N(S(=O)(=O)c2cc(C(C)(C)C)cc(C(C)(C)C)c2)C1. The monoisotopic (exact) mass is 520 g/mol. The first-order valence-electron chi connectivity index (χ1n) is 13.7. The van der Waals surface area contributed by atoms with Crippen molar-refractivity contribution in [1.82, 2.24) is 9.37 Å². The maximum absolute atomic E-state index is 14.3. The molecule has 0 bridgehead atoms. The molecule has 6 heteroatoms. The van der Waals surface area contributed by atoms with Crippen LogP contribution in [0.4, 0.5) is 0 Å². The lowest BCUT2D eigenvalue weighted by Crippen LogP contribution is -2.59. The molecule has 36 heavy (non-hydrogen) atoms. The van der Waals surface area contributed by atoms with Crippen molar-refractivity contribution in [2.24, 2.45) is 5.41 Å². The third kappa shape index (κ3) is 6.19. The Morgan fingerprint density at radius 2 is 1.33 bits per heavy atom. The van der Waals surface area contributed by atoms with Crippen molar-refractivity contribution in [3.8, 4) is 0 Å². The van der Waals surface area contributed by atoms with Gasteiger partial charge in [0.15, 0.2) is 0 Å². The van der Waals surface area contributed by atoms with Crippen molar-refractivity contribution in [2.45, 2.75) is 142 Å². The summed E-state index contributed by atoms with van der Waals surface area (Å²) in [5.41, 5.74) is 1.54. The van der Waals surface area contributed by atoms with E-state index in [0.717, 1.165) is 30.4 Å². The average molecular weight is 521 g/mol. The fraction of sp³-hybridized carbons (Fsp3) is 0.800. The van der Waals surface area contributed by atoms with E-state index in [1.807, 2.05) is 12.1 Å². The van der Waals surface area contributed by atoms with Crippen LogP contribution in [0.3, 0.4) is 0 Å². The van der Waals surface area contributed by atoms with Crippen molar-refractivity contribution in [2.75, 3.05) is 13.2 Å². The van der Waals surface area contributed by atoms with Gasteiger partial charge in [-0.2, -0.15) is 9.37 Å². The highest BCUT2D eigenvalue weighted by atomic mass is 32.2. The van der Waals surface area contributed by atoms with Gasteiger partial charge in [-0.15, -0.1) is 0 Å². The van der Waals surface area contributed by atoms with E-state index in [1.54, 1.807) is 4.31 Å². The van der Waals surface area contributed by atoms with Crippen molar-refractivity contribution in [1.29, 1.82) is 0 Å². The Balaban J connectivity index is 1.98. The summed E-state index contributed by atoms with van der Waals surface area (Å²) in [6.45, 7) is 27.0. The Kier molecular flexibility index (Phi) is 7.69. The lowest BCUT2D eigenvalue weighted by atomic mass is 9.81.